The molecule has 1 N–H and O–H groups in total. The molecule has 1 aromatic heterocycles. The van der Waals surface area contributed by atoms with Crippen molar-refractivity contribution in [2.45, 2.75) is 26.3 Å². The molecule has 0 aliphatic carbocycles. The summed E-state index contributed by atoms with van der Waals surface area (Å²) in [6.07, 6.45) is 3.95. The van der Waals surface area contributed by atoms with Gasteiger partial charge < -0.3 is 15.0 Å². The number of ether oxygens (including phenoxy) is 1. The van der Waals surface area contributed by atoms with Crippen LogP contribution in [0.2, 0.25) is 0 Å². The lowest BCUT2D eigenvalue weighted by Gasteiger charge is -2.18. The van der Waals surface area contributed by atoms with Crippen molar-refractivity contribution < 1.29 is 4.74 Å². The van der Waals surface area contributed by atoms with Gasteiger partial charge in [0.15, 0.2) is 0 Å². The summed E-state index contributed by atoms with van der Waals surface area (Å²) in [5.74, 6) is 2.65. The van der Waals surface area contributed by atoms with E-state index in [2.05, 4.69) is 34.2 Å². The Bertz CT molecular complexity index is 571. The fourth-order valence-electron chi connectivity index (χ4n) is 2.10. The highest BCUT2D eigenvalue weighted by molar-refractivity contribution is 5.48. The van der Waals surface area contributed by atoms with Crippen LogP contribution in [0.5, 0.6) is 5.75 Å². The van der Waals surface area contributed by atoms with Gasteiger partial charge in [-0.2, -0.15) is 0 Å². The number of nitrogens with one attached hydrogen (secondary N) is 1. The molecule has 0 unspecified atom stereocenters. The van der Waals surface area contributed by atoms with E-state index in [0.717, 1.165) is 36.9 Å². The number of aromatic nitrogens is 2. The van der Waals surface area contributed by atoms with Gasteiger partial charge in [-0.1, -0.05) is 25.5 Å². The first-order valence-electron chi connectivity index (χ1n) is 7.63. The summed E-state index contributed by atoms with van der Waals surface area (Å²) in [7, 11) is 3.73. The molecule has 2 aromatic rings. The van der Waals surface area contributed by atoms with E-state index >= 15 is 0 Å². The molecule has 0 aliphatic rings. The molecule has 0 bridgehead atoms. The molecule has 22 heavy (non-hydrogen) atoms. The van der Waals surface area contributed by atoms with Gasteiger partial charge in [0, 0.05) is 26.2 Å². The standard InChI is InChI=1S/C17H24N4O/c1-4-5-10-21(2)17-11-16(19-13-20-17)18-12-14-6-8-15(22-3)9-7-14/h6-9,11,13H,4-5,10,12H2,1-3H3,(H,18,19,20). The van der Waals surface area contributed by atoms with Crippen molar-refractivity contribution in [2.75, 3.05) is 30.9 Å². The second-order valence-electron chi connectivity index (χ2n) is 5.24. The van der Waals surface area contributed by atoms with E-state index in [4.69, 9.17) is 4.74 Å². The van der Waals surface area contributed by atoms with Crippen LogP contribution in [0, 0.1) is 0 Å². The third-order valence-corrected chi connectivity index (χ3v) is 3.52. The summed E-state index contributed by atoms with van der Waals surface area (Å²) < 4.78 is 5.16. The highest BCUT2D eigenvalue weighted by Crippen LogP contribution is 2.15. The Balaban J connectivity index is 1.94. The number of hydrogen-bond acceptors (Lipinski definition) is 5. The number of rotatable bonds is 8. The van der Waals surface area contributed by atoms with Crippen LogP contribution in [0.4, 0.5) is 11.6 Å². The fraction of sp³-hybridized carbons (Fsp3) is 0.412. The van der Waals surface area contributed by atoms with Crippen molar-refractivity contribution in [3.05, 3.63) is 42.2 Å². The summed E-state index contributed by atoms with van der Waals surface area (Å²) in [5.41, 5.74) is 1.18. The largest absolute Gasteiger partial charge is 0.497 e. The monoisotopic (exact) mass is 300 g/mol. The first-order valence-corrected chi connectivity index (χ1v) is 7.63. The van der Waals surface area contributed by atoms with Crippen molar-refractivity contribution in [1.82, 2.24) is 9.97 Å². The van der Waals surface area contributed by atoms with Gasteiger partial charge in [-0.15, -0.1) is 0 Å². The molecule has 0 fully saturated rings. The molecule has 1 heterocycles. The van der Waals surface area contributed by atoms with Crippen LogP contribution in [-0.2, 0) is 6.54 Å². The van der Waals surface area contributed by atoms with Crippen LogP contribution in [0.15, 0.2) is 36.7 Å². The van der Waals surface area contributed by atoms with Crippen molar-refractivity contribution in [3.8, 4) is 5.75 Å². The zero-order valence-electron chi connectivity index (χ0n) is 13.5. The van der Waals surface area contributed by atoms with Crippen molar-refractivity contribution in [2.24, 2.45) is 0 Å². The molecule has 0 radical (unpaired) electrons. The summed E-state index contributed by atoms with van der Waals surface area (Å²) in [5, 5.41) is 3.33. The SMILES string of the molecule is CCCCN(C)c1cc(NCc2ccc(OC)cc2)ncn1. The van der Waals surface area contributed by atoms with Gasteiger partial charge in [0.1, 0.15) is 23.7 Å². The molecule has 0 saturated heterocycles. The van der Waals surface area contributed by atoms with Crippen molar-refractivity contribution in [3.63, 3.8) is 0 Å². The molecule has 0 atom stereocenters. The lowest BCUT2D eigenvalue weighted by molar-refractivity contribution is 0.414. The molecular weight excluding hydrogens is 276 g/mol. The van der Waals surface area contributed by atoms with Gasteiger partial charge in [-0.25, -0.2) is 9.97 Å². The van der Waals surface area contributed by atoms with Gasteiger partial charge in [-0.3, -0.25) is 0 Å². The van der Waals surface area contributed by atoms with E-state index in [1.165, 1.54) is 12.0 Å². The highest BCUT2D eigenvalue weighted by Gasteiger charge is 2.04. The average molecular weight is 300 g/mol. The Morgan fingerprint density at radius 1 is 1.18 bits per heavy atom. The minimum Gasteiger partial charge on any atom is -0.497 e. The quantitative estimate of drug-likeness (QED) is 0.810. The van der Waals surface area contributed by atoms with Crippen LogP contribution in [0.1, 0.15) is 25.3 Å². The summed E-state index contributed by atoms with van der Waals surface area (Å²) in [6, 6.07) is 9.99. The van der Waals surface area contributed by atoms with Crippen molar-refractivity contribution >= 4 is 11.6 Å². The predicted molar refractivity (Wildman–Crippen MR) is 90.5 cm³/mol. The highest BCUT2D eigenvalue weighted by atomic mass is 16.5. The normalized spacial score (nSPS) is 10.3. The molecule has 5 heteroatoms. The zero-order chi connectivity index (χ0) is 15.8. The fourth-order valence-corrected chi connectivity index (χ4v) is 2.10. The van der Waals surface area contributed by atoms with E-state index in [-0.39, 0.29) is 0 Å². The van der Waals surface area contributed by atoms with Gasteiger partial charge in [0.05, 0.1) is 7.11 Å². The third kappa shape index (κ3) is 4.62. The Labute approximate surface area is 132 Å². The first-order chi connectivity index (χ1) is 10.7. The number of benzene rings is 1. The maximum Gasteiger partial charge on any atom is 0.133 e. The van der Waals surface area contributed by atoms with Crippen LogP contribution in [-0.4, -0.2) is 30.7 Å². The van der Waals surface area contributed by atoms with Crippen LogP contribution < -0.4 is 15.0 Å². The van der Waals surface area contributed by atoms with Gasteiger partial charge in [0.25, 0.3) is 0 Å². The van der Waals surface area contributed by atoms with E-state index in [1.54, 1.807) is 13.4 Å². The molecule has 5 nitrogen and oxygen atoms in total. The molecule has 1 aromatic carbocycles. The van der Waals surface area contributed by atoms with E-state index < -0.39 is 0 Å². The van der Waals surface area contributed by atoms with E-state index in [0.29, 0.717) is 0 Å². The Morgan fingerprint density at radius 2 is 1.95 bits per heavy atom. The minimum absolute atomic E-state index is 0.721. The summed E-state index contributed by atoms with van der Waals surface area (Å²) in [6.45, 7) is 3.92. The van der Waals surface area contributed by atoms with Gasteiger partial charge >= 0.3 is 0 Å². The number of nitrogens with zero attached hydrogens (tertiary/aromatic N) is 3. The number of hydrogen-bond donors (Lipinski definition) is 1. The Morgan fingerprint density at radius 3 is 2.64 bits per heavy atom. The Kier molecular flexibility index (Phi) is 6.01. The molecule has 0 saturated carbocycles. The topological polar surface area (TPSA) is 50.3 Å². The van der Waals surface area contributed by atoms with Gasteiger partial charge in [0.2, 0.25) is 0 Å². The molecular formula is C17H24N4O. The second-order valence-corrected chi connectivity index (χ2v) is 5.24. The smallest absolute Gasteiger partial charge is 0.133 e. The predicted octanol–water partition coefficient (Wildman–Crippen LogP) is 3.33. The van der Waals surface area contributed by atoms with Crippen molar-refractivity contribution in [1.29, 1.82) is 0 Å². The maximum absolute atomic E-state index is 5.16. The maximum atomic E-state index is 5.16. The molecule has 0 aliphatic heterocycles. The number of anilines is 2. The van der Waals surface area contributed by atoms with Crippen LogP contribution in [0.25, 0.3) is 0 Å². The zero-order valence-corrected chi connectivity index (χ0v) is 13.5. The third-order valence-electron chi connectivity index (χ3n) is 3.52. The molecule has 2 rings (SSSR count). The number of unbranched alkanes of at least 4 members (excludes halogenated alkanes) is 1. The summed E-state index contributed by atoms with van der Waals surface area (Å²) >= 11 is 0. The Hall–Kier alpha value is -2.30. The average Bonchev–Trinajstić information content (AvgIpc) is 2.58. The van der Waals surface area contributed by atoms with E-state index in [9.17, 15) is 0 Å². The minimum atomic E-state index is 0.721. The first kappa shape index (κ1) is 16.1. The van der Waals surface area contributed by atoms with E-state index in [1.807, 2.05) is 30.3 Å². The van der Waals surface area contributed by atoms with Crippen LogP contribution in [0.3, 0.4) is 0 Å². The lowest BCUT2D eigenvalue weighted by Crippen LogP contribution is -2.19. The van der Waals surface area contributed by atoms with Gasteiger partial charge in [-0.05, 0) is 24.1 Å². The molecule has 118 valence electrons. The lowest BCUT2D eigenvalue weighted by atomic mass is 10.2. The second kappa shape index (κ2) is 8.22. The molecule has 0 spiro atoms. The van der Waals surface area contributed by atoms with Crippen LogP contribution >= 0.6 is 0 Å². The summed E-state index contributed by atoms with van der Waals surface area (Å²) in [4.78, 5) is 10.8. The number of methoxy groups -OCH3 is 1. The molecule has 0 amide bonds.